The Hall–Kier alpha value is -4.54. The summed E-state index contributed by atoms with van der Waals surface area (Å²) >= 11 is 0. The Bertz CT molecular complexity index is 1620. The van der Waals surface area contributed by atoms with Gasteiger partial charge in [0.05, 0.1) is 23.1 Å². The van der Waals surface area contributed by atoms with Crippen LogP contribution in [0.3, 0.4) is 0 Å². The zero-order chi connectivity index (χ0) is 28.8. The quantitative estimate of drug-likeness (QED) is 0.262. The number of nitrogens with two attached hydrogens (primary N) is 1. The third-order valence-electron chi connectivity index (χ3n) is 7.01. The molecule has 0 fully saturated rings. The van der Waals surface area contributed by atoms with Crippen molar-refractivity contribution in [3.8, 4) is 6.07 Å². The van der Waals surface area contributed by atoms with Crippen LogP contribution in [0.4, 0.5) is 0 Å². The molecule has 0 aliphatic carbocycles. The first-order chi connectivity index (χ1) is 19.2. The Morgan fingerprint density at radius 3 is 2.27 bits per heavy atom. The molecule has 204 valence electrons. The zero-order valence-electron chi connectivity index (χ0n) is 23.0. The average molecular weight is 536 g/mol. The molecule has 0 saturated heterocycles. The third-order valence-corrected chi connectivity index (χ3v) is 7.01. The highest BCUT2D eigenvalue weighted by atomic mass is 16.3. The van der Waals surface area contributed by atoms with Gasteiger partial charge in [0.1, 0.15) is 11.3 Å². The van der Waals surface area contributed by atoms with Gasteiger partial charge in [-0.05, 0) is 61.7 Å². The molecule has 2 N–H and O–H groups in total. The summed E-state index contributed by atoms with van der Waals surface area (Å²) < 4.78 is 6.49. The average Bonchev–Trinajstić information content (AvgIpc) is 2.96. The van der Waals surface area contributed by atoms with Crippen LogP contribution in [0, 0.1) is 17.2 Å². The fourth-order valence-electron chi connectivity index (χ4n) is 4.97. The number of hydrogen-bond donors (Lipinski definition) is 1. The second-order valence-corrected chi connectivity index (χ2v) is 10.2. The molecule has 1 amide bonds. The monoisotopic (exact) mass is 535 g/mol. The molecule has 0 bridgehead atoms. The van der Waals surface area contributed by atoms with E-state index in [1.165, 1.54) is 6.92 Å². The molecule has 1 heterocycles. The van der Waals surface area contributed by atoms with Crippen LogP contribution < -0.4 is 11.2 Å². The van der Waals surface area contributed by atoms with E-state index in [0.717, 1.165) is 5.56 Å². The van der Waals surface area contributed by atoms with Crippen molar-refractivity contribution in [1.29, 1.82) is 5.26 Å². The van der Waals surface area contributed by atoms with Crippen LogP contribution in [0.1, 0.15) is 76.4 Å². The summed E-state index contributed by atoms with van der Waals surface area (Å²) in [5.41, 5.74) is 8.71. The third kappa shape index (κ3) is 6.03. The van der Waals surface area contributed by atoms with Gasteiger partial charge in [-0.15, -0.1) is 0 Å². The van der Waals surface area contributed by atoms with E-state index >= 15 is 0 Å². The van der Waals surface area contributed by atoms with Crippen LogP contribution in [-0.2, 0) is 6.42 Å². The first kappa shape index (κ1) is 28.5. The van der Waals surface area contributed by atoms with E-state index in [2.05, 4.69) is 6.07 Å². The predicted octanol–water partition coefficient (Wildman–Crippen LogP) is 5.65. The molecule has 1 unspecified atom stereocenters. The van der Waals surface area contributed by atoms with E-state index in [4.69, 9.17) is 10.2 Å². The predicted molar refractivity (Wildman–Crippen MR) is 155 cm³/mol. The SMILES string of the molecule is CC(=O)c1ccc(C(=O)N(CCCN)C(c2oc3cc(C#N)ccc3c(=O)c2Cc2ccccc2)C(C)C)cc1. The maximum absolute atomic E-state index is 14.0. The van der Waals surface area contributed by atoms with E-state index in [0.29, 0.717) is 64.9 Å². The minimum Gasteiger partial charge on any atom is -0.458 e. The molecule has 0 aliphatic rings. The molecular weight excluding hydrogens is 502 g/mol. The molecule has 0 radical (unpaired) electrons. The first-order valence-corrected chi connectivity index (χ1v) is 13.4. The fourth-order valence-corrected chi connectivity index (χ4v) is 4.97. The number of carbonyl (C=O) groups is 2. The Morgan fingerprint density at radius 2 is 1.68 bits per heavy atom. The summed E-state index contributed by atoms with van der Waals surface area (Å²) in [6.45, 7) is 6.16. The standard InChI is InChI=1S/C33H33N3O4/c1-21(2)30(36(17-7-16-34)33(39)26-13-11-25(12-14-26)22(3)37)32-28(18-23-8-5-4-6-9-23)31(38)27-15-10-24(20-35)19-29(27)40-32/h4-6,8-15,19,21,30H,7,16-18,34H2,1-3H3. The molecule has 7 nitrogen and oxygen atoms in total. The van der Waals surface area contributed by atoms with E-state index in [1.807, 2.05) is 44.2 Å². The highest BCUT2D eigenvalue weighted by molar-refractivity contribution is 5.98. The second kappa shape index (κ2) is 12.5. The molecule has 0 aliphatic heterocycles. The number of fused-ring (bicyclic) bond motifs is 1. The van der Waals surface area contributed by atoms with Gasteiger partial charge < -0.3 is 15.1 Å². The van der Waals surface area contributed by atoms with Gasteiger partial charge in [-0.3, -0.25) is 14.4 Å². The summed E-state index contributed by atoms with van der Waals surface area (Å²) in [5.74, 6) is -0.0645. The van der Waals surface area contributed by atoms with Gasteiger partial charge in [-0.2, -0.15) is 5.26 Å². The normalized spacial score (nSPS) is 11.8. The summed E-state index contributed by atoms with van der Waals surface area (Å²) in [5, 5.41) is 9.85. The number of nitriles is 1. The molecule has 7 heteroatoms. The number of benzene rings is 3. The van der Waals surface area contributed by atoms with Gasteiger partial charge in [0.25, 0.3) is 5.91 Å². The minimum absolute atomic E-state index is 0.0840. The summed E-state index contributed by atoms with van der Waals surface area (Å²) in [6.07, 6.45) is 0.870. The van der Waals surface area contributed by atoms with Gasteiger partial charge in [0.15, 0.2) is 11.2 Å². The van der Waals surface area contributed by atoms with Crippen molar-refractivity contribution < 1.29 is 14.0 Å². The lowest BCUT2D eigenvalue weighted by atomic mass is 9.91. The molecule has 4 rings (SSSR count). The minimum atomic E-state index is -0.590. The molecule has 0 spiro atoms. The molecule has 1 aromatic heterocycles. The Morgan fingerprint density at radius 1 is 1.00 bits per heavy atom. The lowest BCUT2D eigenvalue weighted by Crippen LogP contribution is -2.40. The van der Waals surface area contributed by atoms with Gasteiger partial charge in [0.2, 0.25) is 0 Å². The van der Waals surface area contributed by atoms with Crippen LogP contribution >= 0.6 is 0 Å². The van der Waals surface area contributed by atoms with E-state index < -0.39 is 6.04 Å². The van der Waals surface area contributed by atoms with Crippen LogP contribution in [0.5, 0.6) is 0 Å². The van der Waals surface area contributed by atoms with Crippen LogP contribution in [0.15, 0.2) is 82.0 Å². The van der Waals surface area contributed by atoms with Crippen molar-refractivity contribution in [2.45, 2.75) is 39.7 Å². The van der Waals surface area contributed by atoms with Crippen molar-refractivity contribution in [2.75, 3.05) is 13.1 Å². The van der Waals surface area contributed by atoms with E-state index in [-0.39, 0.29) is 23.0 Å². The molecule has 4 aromatic rings. The summed E-state index contributed by atoms with van der Waals surface area (Å²) in [4.78, 5) is 41.5. The maximum atomic E-state index is 14.0. The number of amides is 1. The fraction of sp³-hybridized carbons (Fsp3) is 0.273. The van der Waals surface area contributed by atoms with Crippen molar-refractivity contribution in [3.05, 3.63) is 117 Å². The number of ketones is 1. The van der Waals surface area contributed by atoms with Gasteiger partial charge >= 0.3 is 0 Å². The smallest absolute Gasteiger partial charge is 0.254 e. The molecule has 3 aromatic carbocycles. The summed E-state index contributed by atoms with van der Waals surface area (Å²) in [7, 11) is 0. The number of rotatable bonds is 10. The highest BCUT2D eigenvalue weighted by Crippen LogP contribution is 2.34. The number of Topliss-reactive ketones (excluding diaryl/α,β-unsaturated/α-hetero) is 1. The van der Waals surface area contributed by atoms with Gasteiger partial charge in [-0.1, -0.05) is 56.3 Å². The Labute approximate surface area is 233 Å². The van der Waals surface area contributed by atoms with Gasteiger partial charge in [0, 0.05) is 29.7 Å². The van der Waals surface area contributed by atoms with Crippen LogP contribution in [-0.4, -0.2) is 29.7 Å². The zero-order valence-corrected chi connectivity index (χ0v) is 23.0. The number of carbonyl (C=O) groups excluding carboxylic acids is 2. The Kier molecular flexibility index (Phi) is 8.93. The largest absolute Gasteiger partial charge is 0.458 e. The molecule has 0 saturated carbocycles. The van der Waals surface area contributed by atoms with Crippen LogP contribution in [0.25, 0.3) is 11.0 Å². The molecule has 1 atom stereocenters. The van der Waals surface area contributed by atoms with Gasteiger partial charge in [-0.25, -0.2) is 0 Å². The van der Waals surface area contributed by atoms with Crippen molar-refractivity contribution in [2.24, 2.45) is 11.7 Å². The van der Waals surface area contributed by atoms with Crippen molar-refractivity contribution in [3.63, 3.8) is 0 Å². The first-order valence-electron chi connectivity index (χ1n) is 13.4. The molecular formula is C33H33N3O4. The van der Waals surface area contributed by atoms with Crippen molar-refractivity contribution in [1.82, 2.24) is 4.90 Å². The Balaban J connectivity index is 1.93. The van der Waals surface area contributed by atoms with E-state index in [1.54, 1.807) is 47.4 Å². The maximum Gasteiger partial charge on any atom is 0.254 e. The highest BCUT2D eigenvalue weighted by Gasteiger charge is 2.33. The van der Waals surface area contributed by atoms with E-state index in [9.17, 15) is 19.6 Å². The lowest BCUT2D eigenvalue weighted by molar-refractivity contribution is 0.0587. The van der Waals surface area contributed by atoms with Crippen LogP contribution in [0.2, 0.25) is 0 Å². The van der Waals surface area contributed by atoms with Crippen molar-refractivity contribution >= 4 is 22.7 Å². The lowest BCUT2D eigenvalue weighted by Gasteiger charge is -2.35. The molecule has 40 heavy (non-hydrogen) atoms. The summed E-state index contributed by atoms with van der Waals surface area (Å²) in [6, 6.07) is 22.5. The number of nitrogens with zero attached hydrogens (tertiary/aromatic N) is 2. The second-order valence-electron chi connectivity index (χ2n) is 10.2. The topological polar surface area (TPSA) is 117 Å². The number of hydrogen-bond acceptors (Lipinski definition) is 6.